The van der Waals surface area contributed by atoms with E-state index in [1.54, 1.807) is 4.90 Å². The minimum absolute atomic E-state index is 0.0196. The van der Waals surface area contributed by atoms with Gasteiger partial charge >= 0.3 is 12.0 Å². The Hall–Kier alpha value is -2.24. The first-order valence-corrected chi connectivity index (χ1v) is 7.01. The lowest BCUT2D eigenvalue weighted by molar-refractivity contribution is -0.142. The topological polar surface area (TPSA) is 78.9 Å². The molecule has 0 bridgehead atoms. The van der Waals surface area contributed by atoms with Crippen molar-refractivity contribution in [2.45, 2.75) is 6.92 Å². The molecule has 6 heteroatoms. The average Bonchev–Trinajstić information content (AvgIpc) is 2.87. The first-order chi connectivity index (χ1) is 10.1. The lowest BCUT2D eigenvalue weighted by Gasteiger charge is -2.17. The molecule has 1 heterocycles. The molecule has 0 aromatic heterocycles. The van der Waals surface area contributed by atoms with E-state index >= 15 is 0 Å². The molecule has 2 rings (SSSR count). The van der Waals surface area contributed by atoms with E-state index < -0.39 is 11.9 Å². The summed E-state index contributed by atoms with van der Waals surface area (Å²) in [5.41, 5.74) is 0. The number of hydrogen-bond acceptors (Lipinski definition) is 3. The van der Waals surface area contributed by atoms with Gasteiger partial charge in [-0.05, 0) is 18.1 Å². The number of urea groups is 1. The van der Waals surface area contributed by atoms with Crippen LogP contribution in [-0.2, 0) is 4.79 Å². The Balaban J connectivity index is 1.69. The Labute approximate surface area is 123 Å². The van der Waals surface area contributed by atoms with E-state index in [1.165, 1.54) is 0 Å². The predicted octanol–water partition coefficient (Wildman–Crippen LogP) is 1.43. The fraction of sp³-hybridized carbons (Fsp3) is 0.467. The smallest absolute Gasteiger partial charge is 0.317 e. The second kappa shape index (κ2) is 6.97. The third-order valence-electron chi connectivity index (χ3n) is 3.61. The van der Waals surface area contributed by atoms with Crippen molar-refractivity contribution in [2.75, 3.05) is 26.2 Å². The molecule has 0 saturated carbocycles. The van der Waals surface area contributed by atoms with E-state index in [-0.39, 0.29) is 18.5 Å². The lowest BCUT2D eigenvalue weighted by atomic mass is 9.99. The van der Waals surface area contributed by atoms with Crippen molar-refractivity contribution >= 4 is 12.0 Å². The number of likely N-dealkylation sites (tertiary alicyclic amines) is 1. The number of para-hydroxylation sites is 1. The van der Waals surface area contributed by atoms with E-state index in [2.05, 4.69) is 5.32 Å². The van der Waals surface area contributed by atoms with Crippen LogP contribution < -0.4 is 10.1 Å². The normalized spacial score (nSPS) is 21.1. The van der Waals surface area contributed by atoms with Gasteiger partial charge in [0.05, 0.1) is 12.5 Å². The molecule has 2 atom stereocenters. The zero-order chi connectivity index (χ0) is 15.2. The Morgan fingerprint density at radius 2 is 2.05 bits per heavy atom. The maximum atomic E-state index is 11.9. The summed E-state index contributed by atoms with van der Waals surface area (Å²) in [6.07, 6.45) is 0. The highest BCUT2D eigenvalue weighted by Gasteiger charge is 2.36. The number of carboxylic acid groups (broad SMARTS) is 1. The van der Waals surface area contributed by atoms with E-state index in [0.717, 1.165) is 5.75 Å². The number of carbonyl (C=O) groups excluding carboxylic acids is 1. The quantitative estimate of drug-likeness (QED) is 0.805. The van der Waals surface area contributed by atoms with Gasteiger partial charge in [0.2, 0.25) is 0 Å². The van der Waals surface area contributed by atoms with Gasteiger partial charge in [0, 0.05) is 13.1 Å². The van der Waals surface area contributed by atoms with E-state index in [9.17, 15) is 9.59 Å². The fourth-order valence-electron chi connectivity index (χ4n) is 2.41. The monoisotopic (exact) mass is 292 g/mol. The molecule has 1 fully saturated rings. The van der Waals surface area contributed by atoms with Gasteiger partial charge in [-0.3, -0.25) is 4.79 Å². The highest BCUT2D eigenvalue weighted by atomic mass is 16.5. The van der Waals surface area contributed by atoms with Crippen molar-refractivity contribution in [1.82, 2.24) is 10.2 Å². The summed E-state index contributed by atoms with van der Waals surface area (Å²) in [7, 11) is 0. The molecule has 6 nitrogen and oxygen atoms in total. The highest BCUT2D eigenvalue weighted by Crippen LogP contribution is 2.22. The van der Waals surface area contributed by atoms with Crippen molar-refractivity contribution in [1.29, 1.82) is 0 Å². The van der Waals surface area contributed by atoms with Crippen LogP contribution in [0.2, 0.25) is 0 Å². The van der Waals surface area contributed by atoms with Crippen molar-refractivity contribution in [3.8, 4) is 5.75 Å². The second-order valence-corrected chi connectivity index (χ2v) is 5.22. The number of ether oxygens (including phenoxy) is 1. The molecular formula is C15H20N2O4. The van der Waals surface area contributed by atoms with E-state index in [0.29, 0.717) is 19.7 Å². The molecule has 114 valence electrons. The number of nitrogens with zero attached hydrogens (tertiary/aromatic N) is 1. The number of amides is 2. The summed E-state index contributed by atoms with van der Waals surface area (Å²) in [6, 6.07) is 9.13. The van der Waals surface area contributed by atoms with Gasteiger partial charge < -0.3 is 20.1 Å². The third kappa shape index (κ3) is 4.11. The van der Waals surface area contributed by atoms with Crippen LogP contribution in [0.15, 0.2) is 30.3 Å². The fourth-order valence-corrected chi connectivity index (χ4v) is 2.41. The zero-order valence-electron chi connectivity index (χ0n) is 12.0. The number of carbonyl (C=O) groups is 2. The van der Waals surface area contributed by atoms with Gasteiger partial charge in [0.25, 0.3) is 0 Å². The summed E-state index contributed by atoms with van der Waals surface area (Å²) in [5, 5.41) is 11.8. The zero-order valence-corrected chi connectivity index (χ0v) is 12.0. The lowest BCUT2D eigenvalue weighted by Crippen LogP contribution is -2.40. The molecule has 0 spiro atoms. The van der Waals surface area contributed by atoms with Crippen LogP contribution in [0.1, 0.15) is 6.92 Å². The molecule has 2 N–H and O–H groups in total. The maximum absolute atomic E-state index is 11.9. The van der Waals surface area contributed by atoms with Crippen molar-refractivity contribution in [2.24, 2.45) is 11.8 Å². The van der Waals surface area contributed by atoms with Gasteiger partial charge in [0.15, 0.2) is 0 Å². The molecule has 0 radical (unpaired) electrons. The van der Waals surface area contributed by atoms with Crippen molar-refractivity contribution < 1.29 is 19.4 Å². The van der Waals surface area contributed by atoms with E-state index in [1.807, 2.05) is 37.3 Å². The summed E-state index contributed by atoms with van der Waals surface area (Å²) in [5.74, 6) is -0.581. The standard InChI is InChI=1S/C15H20N2O4/c1-11-9-17(10-13(11)14(18)19)15(20)16-7-8-21-12-5-3-2-4-6-12/h2-6,11,13H,7-10H2,1H3,(H,16,20)(H,18,19). The number of carboxylic acids is 1. The van der Waals surface area contributed by atoms with Crippen molar-refractivity contribution in [3.63, 3.8) is 0 Å². The van der Waals surface area contributed by atoms with Gasteiger partial charge in [-0.15, -0.1) is 0 Å². The Morgan fingerprint density at radius 3 is 2.67 bits per heavy atom. The Bertz CT molecular complexity index is 492. The summed E-state index contributed by atoms with van der Waals surface area (Å²) in [4.78, 5) is 24.5. The Kier molecular flexibility index (Phi) is 5.03. The van der Waals surface area contributed by atoms with Crippen LogP contribution in [0.4, 0.5) is 4.79 Å². The predicted molar refractivity (Wildman–Crippen MR) is 77.2 cm³/mol. The molecule has 0 aliphatic carbocycles. The summed E-state index contributed by atoms with van der Waals surface area (Å²) >= 11 is 0. The van der Waals surface area contributed by atoms with Gasteiger partial charge in [-0.25, -0.2) is 4.79 Å². The number of nitrogens with one attached hydrogen (secondary N) is 1. The number of benzene rings is 1. The van der Waals surface area contributed by atoms with Gasteiger partial charge in [0.1, 0.15) is 12.4 Å². The minimum atomic E-state index is -0.842. The summed E-state index contributed by atoms with van der Waals surface area (Å²) < 4.78 is 5.47. The second-order valence-electron chi connectivity index (χ2n) is 5.22. The SMILES string of the molecule is CC1CN(C(=O)NCCOc2ccccc2)CC1C(=O)O. The average molecular weight is 292 g/mol. The minimum Gasteiger partial charge on any atom is -0.492 e. The molecule has 1 aliphatic heterocycles. The molecule has 1 aliphatic rings. The van der Waals surface area contributed by atoms with Crippen LogP contribution in [0.3, 0.4) is 0 Å². The third-order valence-corrected chi connectivity index (χ3v) is 3.61. The van der Waals surface area contributed by atoms with Gasteiger partial charge in [-0.2, -0.15) is 0 Å². The molecular weight excluding hydrogens is 272 g/mol. The first-order valence-electron chi connectivity index (χ1n) is 7.01. The molecule has 1 aromatic carbocycles. The summed E-state index contributed by atoms with van der Waals surface area (Å²) in [6.45, 7) is 3.35. The van der Waals surface area contributed by atoms with Crippen LogP contribution in [0, 0.1) is 11.8 Å². The van der Waals surface area contributed by atoms with Gasteiger partial charge in [-0.1, -0.05) is 25.1 Å². The molecule has 1 aromatic rings. The van der Waals surface area contributed by atoms with E-state index in [4.69, 9.17) is 9.84 Å². The number of aliphatic carboxylic acids is 1. The Morgan fingerprint density at radius 1 is 1.33 bits per heavy atom. The number of hydrogen-bond donors (Lipinski definition) is 2. The van der Waals surface area contributed by atoms with Crippen LogP contribution >= 0.6 is 0 Å². The molecule has 21 heavy (non-hydrogen) atoms. The van der Waals surface area contributed by atoms with Crippen LogP contribution in [0.25, 0.3) is 0 Å². The first kappa shape index (κ1) is 15.2. The largest absolute Gasteiger partial charge is 0.492 e. The van der Waals surface area contributed by atoms with Crippen LogP contribution in [-0.4, -0.2) is 48.2 Å². The van der Waals surface area contributed by atoms with Crippen molar-refractivity contribution in [3.05, 3.63) is 30.3 Å². The van der Waals surface area contributed by atoms with Crippen LogP contribution in [0.5, 0.6) is 5.75 Å². The maximum Gasteiger partial charge on any atom is 0.317 e. The molecule has 2 amide bonds. The highest BCUT2D eigenvalue weighted by molar-refractivity contribution is 5.77. The molecule has 2 unspecified atom stereocenters. The molecule has 1 saturated heterocycles. The number of rotatable bonds is 5.